The number of hydrogen-bond donors (Lipinski definition) is 1. The van der Waals surface area contributed by atoms with Crippen molar-refractivity contribution in [3.8, 4) is 17.1 Å². The number of nitrogens with zero attached hydrogens (tertiary/aromatic N) is 2. The molecule has 142 valence electrons. The number of nitrogens with one attached hydrogen (secondary N) is 1. The molecule has 0 unspecified atom stereocenters. The maximum absolute atomic E-state index is 12.6. The smallest absolute Gasteiger partial charge is 0.244 e. The summed E-state index contributed by atoms with van der Waals surface area (Å²) in [5.41, 5.74) is 1.04. The van der Waals surface area contributed by atoms with E-state index in [2.05, 4.69) is 9.71 Å². The van der Waals surface area contributed by atoms with Crippen LogP contribution in [0.15, 0.2) is 71.9 Å². The predicted octanol–water partition coefficient (Wildman–Crippen LogP) is 3.32. The molecule has 0 bridgehead atoms. The van der Waals surface area contributed by atoms with Crippen LogP contribution in [0.5, 0.6) is 5.75 Å². The lowest BCUT2D eigenvalue weighted by atomic mass is 10.2. The van der Waals surface area contributed by atoms with Crippen LogP contribution in [-0.4, -0.2) is 31.1 Å². The minimum Gasteiger partial charge on any atom is -0.492 e. The molecule has 0 aliphatic rings. The van der Waals surface area contributed by atoms with Crippen molar-refractivity contribution in [1.82, 2.24) is 14.3 Å². The Morgan fingerprint density at radius 2 is 1.81 bits per heavy atom. The third kappa shape index (κ3) is 4.75. The molecule has 1 aromatic heterocycles. The van der Waals surface area contributed by atoms with E-state index in [0.717, 1.165) is 11.4 Å². The van der Waals surface area contributed by atoms with Crippen LogP contribution in [0.4, 0.5) is 0 Å². The van der Waals surface area contributed by atoms with Gasteiger partial charge in [-0.15, -0.1) is 0 Å². The molecule has 27 heavy (non-hydrogen) atoms. The summed E-state index contributed by atoms with van der Waals surface area (Å²) >= 11 is 0. The fourth-order valence-electron chi connectivity index (χ4n) is 2.82. The van der Waals surface area contributed by atoms with Crippen LogP contribution in [0.1, 0.15) is 13.3 Å². The summed E-state index contributed by atoms with van der Waals surface area (Å²) in [6.45, 7) is 3.23. The molecule has 0 fully saturated rings. The standard InChI is InChI=1S/C20H23N3O3S/c1-2-26-18-11-6-7-12-19(18)27(24,25)22-13-8-15-23-16-14-21-20(23)17-9-4-3-5-10-17/h3-7,9-12,14,16,22H,2,8,13,15H2,1H3. The molecular formula is C20H23N3O3S. The molecule has 1 heterocycles. The average molecular weight is 385 g/mol. The van der Waals surface area contributed by atoms with E-state index < -0.39 is 10.0 Å². The molecule has 0 aliphatic carbocycles. The Balaban J connectivity index is 1.61. The van der Waals surface area contributed by atoms with Crippen LogP contribution in [-0.2, 0) is 16.6 Å². The molecule has 1 N–H and O–H groups in total. The number of aryl methyl sites for hydroxylation is 1. The molecule has 0 atom stereocenters. The predicted molar refractivity (Wildman–Crippen MR) is 105 cm³/mol. The summed E-state index contributed by atoms with van der Waals surface area (Å²) < 4.78 is 35.2. The Hall–Kier alpha value is -2.64. The van der Waals surface area contributed by atoms with E-state index in [0.29, 0.717) is 31.9 Å². The number of ether oxygens (including phenoxy) is 1. The zero-order chi connectivity index (χ0) is 19.1. The minimum absolute atomic E-state index is 0.166. The first-order valence-corrected chi connectivity index (χ1v) is 10.4. The highest BCUT2D eigenvalue weighted by atomic mass is 32.2. The van der Waals surface area contributed by atoms with Crippen molar-refractivity contribution >= 4 is 10.0 Å². The van der Waals surface area contributed by atoms with Gasteiger partial charge in [-0.2, -0.15) is 0 Å². The number of para-hydroxylation sites is 1. The second-order valence-electron chi connectivity index (χ2n) is 5.94. The van der Waals surface area contributed by atoms with E-state index in [1.165, 1.54) is 0 Å². The zero-order valence-electron chi connectivity index (χ0n) is 15.2. The largest absolute Gasteiger partial charge is 0.492 e. The fraction of sp³-hybridized carbons (Fsp3) is 0.250. The van der Waals surface area contributed by atoms with Crippen molar-refractivity contribution in [2.45, 2.75) is 24.8 Å². The van der Waals surface area contributed by atoms with E-state index in [1.807, 2.05) is 48.0 Å². The quantitative estimate of drug-likeness (QED) is 0.574. The van der Waals surface area contributed by atoms with Crippen LogP contribution in [0, 0.1) is 0 Å². The second kappa shape index (κ2) is 8.83. The van der Waals surface area contributed by atoms with Crippen molar-refractivity contribution in [3.63, 3.8) is 0 Å². The Bertz CT molecular complexity index is 969. The SMILES string of the molecule is CCOc1ccccc1S(=O)(=O)NCCCn1ccnc1-c1ccccc1. The van der Waals surface area contributed by atoms with Crippen LogP contribution in [0.2, 0.25) is 0 Å². The van der Waals surface area contributed by atoms with Gasteiger partial charge in [-0.1, -0.05) is 42.5 Å². The van der Waals surface area contributed by atoms with Gasteiger partial charge in [-0.25, -0.2) is 18.1 Å². The molecule has 0 saturated heterocycles. The number of hydrogen-bond acceptors (Lipinski definition) is 4. The van der Waals surface area contributed by atoms with Gasteiger partial charge in [0.2, 0.25) is 10.0 Å². The molecule has 3 rings (SSSR count). The maximum Gasteiger partial charge on any atom is 0.244 e. The van der Waals surface area contributed by atoms with Gasteiger partial charge in [0, 0.05) is 31.0 Å². The maximum atomic E-state index is 12.6. The molecule has 7 heteroatoms. The number of sulfonamides is 1. The Morgan fingerprint density at radius 1 is 1.07 bits per heavy atom. The highest BCUT2D eigenvalue weighted by molar-refractivity contribution is 7.89. The molecule has 0 radical (unpaired) electrons. The van der Waals surface area contributed by atoms with Crippen molar-refractivity contribution in [3.05, 3.63) is 67.0 Å². The monoisotopic (exact) mass is 385 g/mol. The first kappa shape index (κ1) is 19.1. The molecule has 0 spiro atoms. The summed E-state index contributed by atoms with van der Waals surface area (Å²) in [6, 6.07) is 16.6. The van der Waals surface area contributed by atoms with Gasteiger partial charge in [0.15, 0.2) is 0 Å². The Morgan fingerprint density at radius 3 is 2.59 bits per heavy atom. The summed E-state index contributed by atoms with van der Waals surface area (Å²) in [4.78, 5) is 4.57. The van der Waals surface area contributed by atoms with E-state index in [9.17, 15) is 8.42 Å². The lowest BCUT2D eigenvalue weighted by molar-refractivity contribution is 0.331. The Labute approximate surface area is 159 Å². The molecule has 0 aliphatic heterocycles. The first-order chi connectivity index (χ1) is 13.1. The second-order valence-corrected chi connectivity index (χ2v) is 7.68. The summed E-state index contributed by atoms with van der Waals surface area (Å²) in [5.74, 6) is 1.24. The van der Waals surface area contributed by atoms with Gasteiger partial charge in [0.1, 0.15) is 16.5 Å². The van der Waals surface area contributed by atoms with Gasteiger partial charge < -0.3 is 9.30 Å². The van der Waals surface area contributed by atoms with Crippen molar-refractivity contribution in [1.29, 1.82) is 0 Å². The molecule has 0 amide bonds. The molecule has 2 aromatic carbocycles. The van der Waals surface area contributed by atoms with Gasteiger partial charge in [-0.05, 0) is 25.5 Å². The third-order valence-corrected chi connectivity index (χ3v) is 5.55. The number of imidazole rings is 1. The normalized spacial score (nSPS) is 11.4. The minimum atomic E-state index is -3.62. The lowest BCUT2D eigenvalue weighted by Crippen LogP contribution is -2.26. The molecule has 3 aromatic rings. The highest BCUT2D eigenvalue weighted by Crippen LogP contribution is 2.23. The van der Waals surface area contributed by atoms with Gasteiger partial charge >= 0.3 is 0 Å². The highest BCUT2D eigenvalue weighted by Gasteiger charge is 2.18. The average Bonchev–Trinajstić information content (AvgIpc) is 3.15. The van der Waals surface area contributed by atoms with E-state index in [-0.39, 0.29) is 4.90 Å². The third-order valence-electron chi connectivity index (χ3n) is 4.05. The molecule has 6 nitrogen and oxygen atoms in total. The van der Waals surface area contributed by atoms with E-state index >= 15 is 0 Å². The Kier molecular flexibility index (Phi) is 6.26. The summed E-state index contributed by atoms with van der Waals surface area (Å²) in [6.07, 6.45) is 4.30. The summed E-state index contributed by atoms with van der Waals surface area (Å²) in [5, 5.41) is 0. The lowest BCUT2D eigenvalue weighted by Gasteiger charge is -2.12. The number of rotatable bonds is 9. The molecular weight excluding hydrogens is 362 g/mol. The van der Waals surface area contributed by atoms with E-state index in [4.69, 9.17) is 4.74 Å². The van der Waals surface area contributed by atoms with Gasteiger partial charge in [0.25, 0.3) is 0 Å². The van der Waals surface area contributed by atoms with Crippen molar-refractivity contribution in [2.75, 3.05) is 13.2 Å². The topological polar surface area (TPSA) is 73.2 Å². The fourth-order valence-corrected chi connectivity index (χ4v) is 4.04. The van der Waals surface area contributed by atoms with Crippen LogP contribution >= 0.6 is 0 Å². The van der Waals surface area contributed by atoms with Crippen LogP contribution < -0.4 is 9.46 Å². The van der Waals surface area contributed by atoms with Crippen molar-refractivity contribution in [2.24, 2.45) is 0 Å². The molecule has 0 saturated carbocycles. The first-order valence-electron chi connectivity index (χ1n) is 8.90. The number of benzene rings is 2. The van der Waals surface area contributed by atoms with Gasteiger partial charge in [0.05, 0.1) is 6.61 Å². The number of aromatic nitrogens is 2. The zero-order valence-corrected chi connectivity index (χ0v) is 16.0. The van der Waals surface area contributed by atoms with Crippen LogP contribution in [0.3, 0.4) is 0 Å². The summed E-state index contributed by atoms with van der Waals surface area (Å²) in [7, 11) is -3.62. The van der Waals surface area contributed by atoms with Crippen LogP contribution in [0.25, 0.3) is 11.4 Å². The van der Waals surface area contributed by atoms with Gasteiger partial charge in [-0.3, -0.25) is 0 Å². The van der Waals surface area contributed by atoms with Crippen molar-refractivity contribution < 1.29 is 13.2 Å². The van der Waals surface area contributed by atoms with E-state index in [1.54, 1.807) is 30.5 Å².